The molecule has 0 spiro atoms. The highest BCUT2D eigenvalue weighted by atomic mass is 16.5. The third kappa shape index (κ3) is 6.47. The molecular weight excluding hydrogens is 346 g/mol. The van der Waals surface area contributed by atoms with Crippen molar-refractivity contribution in [3.63, 3.8) is 0 Å². The summed E-state index contributed by atoms with van der Waals surface area (Å²) in [7, 11) is 1.54. The van der Waals surface area contributed by atoms with Crippen molar-refractivity contribution in [1.29, 1.82) is 0 Å². The first-order valence-electron chi connectivity index (χ1n) is 8.60. The zero-order valence-corrected chi connectivity index (χ0v) is 15.4. The fourth-order valence-electron chi connectivity index (χ4n) is 2.30. The molecule has 0 saturated heterocycles. The monoisotopic (exact) mass is 369 g/mol. The normalized spacial score (nSPS) is 10.4. The Morgan fingerprint density at radius 2 is 1.85 bits per heavy atom. The number of hydrogen-bond acceptors (Lipinski definition) is 5. The highest BCUT2D eigenvalue weighted by Gasteiger charge is 2.11. The van der Waals surface area contributed by atoms with E-state index in [4.69, 9.17) is 9.47 Å². The molecule has 0 radical (unpaired) electrons. The number of carbonyl (C=O) groups excluding carboxylic acids is 2. The van der Waals surface area contributed by atoms with Gasteiger partial charge in [-0.1, -0.05) is 30.3 Å². The Morgan fingerprint density at radius 3 is 2.56 bits per heavy atom. The molecule has 0 fully saturated rings. The number of amides is 2. The number of benzene rings is 2. The second-order valence-electron chi connectivity index (χ2n) is 5.53. The molecule has 0 aliphatic heterocycles. The van der Waals surface area contributed by atoms with E-state index in [-0.39, 0.29) is 0 Å². The van der Waals surface area contributed by atoms with E-state index in [2.05, 4.69) is 15.8 Å². The fraction of sp³-hybridized carbons (Fsp3) is 0.250. The summed E-state index contributed by atoms with van der Waals surface area (Å²) in [6.45, 7) is 2.78. The van der Waals surface area contributed by atoms with Crippen LogP contribution < -0.4 is 20.2 Å². The maximum absolute atomic E-state index is 11.8. The van der Waals surface area contributed by atoms with Crippen LogP contribution in [0.25, 0.3) is 0 Å². The molecule has 142 valence electrons. The average molecular weight is 369 g/mol. The molecule has 2 aromatic rings. The summed E-state index contributed by atoms with van der Waals surface area (Å²) in [5.74, 6) is -0.366. The van der Waals surface area contributed by atoms with Crippen LogP contribution in [-0.2, 0) is 16.0 Å². The van der Waals surface area contributed by atoms with Crippen LogP contribution in [0, 0.1) is 0 Å². The van der Waals surface area contributed by atoms with Crippen LogP contribution in [0.2, 0.25) is 0 Å². The van der Waals surface area contributed by atoms with Crippen LogP contribution in [-0.4, -0.2) is 38.3 Å². The topological polar surface area (TPSA) is 89.0 Å². The van der Waals surface area contributed by atoms with Crippen molar-refractivity contribution in [3.8, 4) is 11.5 Å². The van der Waals surface area contributed by atoms with Gasteiger partial charge in [0.2, 0.25) is 0 Å². The minimum Gasteiger partial charge on any atom is -0.493 e. The van der Waals surface area contributed by atoms with Crippen molar-refractivity contribution < 1.29 is 19.1 Å². The number of ether oxygens (including phenoxy) is 2. The van der Waals surface area contributed by atoms with E-state index in [0.717, 1.165) is 5.56 Å². The van der Waals surface area contributed by atoms with E-state index in [0.29, 0.717) is 36.6 Å². The molecule has 0 aliphatic carbocycles. The summed E-state index contributed by atoms with van der Waals surface area (Å²) in [5, 5.41) is 6.36. The number of hydrazone groups is 1. The van der Waals surface area contributed by atoms with Crippen LogP contribution in [0.1, 0.15) is 18.1 Å². The molecule has 0 heterocycles. The third-order valence-electron chi connectivity index (χ3n) is 3.62. The quantitative estimate of drug-likeness (QED) is 0.423. The molecule has 0 aromatic heterocycles. The van der Waals surface area contributed by atoms with Crippen molar-refractivity contribution in [3.05, 3.63) is 59.7 Å². The standard InChI is InChI=1S/C20H23N3O4/c1-3-27-17-10-9-16(13-18(17)26-2)14-22-23-20(25)19(24)21-12-11-15-7-5-4-6-8-15/h4-10,13-14H,3,11-12H2,1-2H3,(H,21,24)(H,23,25)/b22-14+. The SMILES string of the molecule is CCOc1ccc(/C=N/NC(=O)C(=O)NCCc2ccccc2)cc1OC. The zero-order valence-electron chi connectivity index (χ0n) is 15.4. The Balaban J connectivity index is 1.80. The van der Waals surface area contributed by atoms with Gasteiger partial charge in [0.1, 0.15) is 0 Å². The fourth-order valence-corrected chi connectivity index (χ4v) is 2.30. The predicted molar refractivity (Wildman–Crippen MR) is 103 cm³/mol. The first-order valence-corrected chi connectivity index (χ1v) is 8.60. The number of nitrogens with one attached hydrogen (secondary N) is 2. The number of rotatable bonds is 8. The molecule has 2 N–H and O–H groups in total. The zero-order chi connectivity index (χ0) is 19.5. The highest BCUT2D eigenvalue weighted by Crippen LogP contribution is 2.27. The first-order chi connectivity index (χ1) is 13.1. The van der Waals surface area contributed by atoms with Crippen molar-refractivity contribution in [1.82, 2.24) is 10.7 Å². The van der Waals surface area contributed by atoms with Crippen molar-refractivity contribution in [2.75, 3.05) is 20.3 Å². The Morgan fingerprint density at radius 1 is 1.07 bits per heavy atom. The highest BCUT2D eigenvalue weighted by molar-refractivity contribution is 6.35. The molecule has 7 nitrogen and oxygen atoms in total. The van der Waals surface area contributed by atoms with Crippen molar-refractivity contribution >= 4 is 18.0 Å². The number of nitrogens with zero attached hydrogens (tertiary/aromatic N) is 1. The van der Waals surface area contributed by atoms with Gasteiger partial charge in [0.15, 0.2) is 11.5 Å². The molecule has 0 unspecified atom stereocenters. The van der Waals surface area contributed by atoms with Crippen LogP contribution in [0.4, 0.5) is 0 Å². The average Bonchev–Trinajstić information content (AvgIpc) is 2.69. The maximum Gasteiger partial charge on any atom is 0.329 e. The largest absolute Gasteiger partial charge is 0.493 e. The summed E-state index contributed by atoms with van der Waals surface area (Å²) in [6.07, 6.45) is 2.07. The van der Waals surface area contributed by atoms with Crippen LogP contribution in [0.15, 0.2) is 53.6 Å². The van der Waals surface area contributed by atoms with Gasteiger partial charge in [-0.25, -0.2) is 5.43 Å². The van der Waals surface area contributed by atoms with Crippen LogP contribution in [0.3, 0.4) is 0 Å². The van der Waals surface area contributed by atoms with Crippen molar-refractivity contribution in [2.45, 2.75) is 13.3 Å². The second kappa shape index (κ2) is 10.6. The molecule has 0 atom stereocenters. The molecule has 27 heavy (non-hydrogen) atoms. The lowest BCUT2D eigenvalue weighted by Gasteiger charge is -2.09. The number of hydrogen-bond donors (Lipinski definition) is 2. The smallest absolute Gasteiger partial charge is 0.329 e. The van der Waals surface area contributed by atoms with Gasteiger partial charge in [0.05, 0.1) is 19.9 Å². The Bertz CT molecular complexity index is 791. The van der Waals surface area contributed by atoms with Gasteiger partial charge in [-0.05, 0) is 42.7 Å². The number of methoxy groups -OCH3 is 1. The summed E-state index contributed by atoms with van der Waals surface area (Å²) in [5.41, 5.74) is 3.98. The van der Waals surface area contributed by atoms with Gasteiger partial charge in [0.25, 0.3) is 0 Å². The summed E-state index contributed by atoms with van der Waals surface area (Å²) in [6, 6.07) is 14.9. The van der Waals surface area contributed by atoms with Gasteiger partial charge in [-0.3, -0.25) is 9.59 Å². The number of carbonyl (C=O) groups is 2. The summed E-state index contributed by atoms with van der Waals surface area (Å²) in [4.78, 5) is 23.5. The van der Waals surface area contributed by atoms with Gasteiger partial charge in [-0.2, -0.15) is 5.10 Å². The van der Waals surface area contributed by atoms with E-state index < -0.39 is 11.8 Å². The summed E-state index contributed by atoms with van der Waals surface area (Å²) < 4.78 is 10.7. The van der Waals surface area contributed by atoms with Gasteiger partial charge in [0, 0.05) is 6.54 Å². The predicted octanol–water partition coefficient (Wildman–Crippen LogP) is 1.90. The molecule has 2 rings (SSSR count). The molecule has 2 aromatic carbocycles. The second-order valence-corrected chi connectivity index (χ2v) is 5.53. The van der Waals surface area contributed by atoms with Crippen molar-refractivity contribution in [2.24, 2.45) is 5.10 Å². The Hall–Kier alpha value is -3.35. The first kappa shape index (κ1) is 20.0. The third-order valence-corrected chi connectivity index (χ3v) is 3.62. The van der Waals surface area contributed by atoms with Gasteiger partial charge < -0.3 is 14.8 Å². The lowest BCUT2D eigenvalue weighted by atomic mass is 10.1. The van der Waals surface area contributed by atoms with E-state index in [1.54, 1.807) is 25.3 Å². The molecule has 0 aliphatic rings. The summed E-state index contributed by atoms with van der Waals surface area (Å²) >= 11 is 0. The van der Waals surface area contributed by atoms with E-state index in [9.17, 15) is 9.59 Å². The van der Waals surface area contributed by atoms with Gasteiger partial charge in [-0.15, -0.1) is 0 Å². The van der Waals surface area contributed by atoms with E-state index in [1.807, 2.05) is 37.3 Å². The lowest BCUT2D eigenvalue weighted by molar-refractivity contribution is -0.139. The minimum atomic E-state index is -0.822. The lowest BCUT2D eigenvalue weighted by Crippen LogP contribution is -2.38. The van der Waals surface area contributed by atoms with Crippen LogP contribution in [0.5, 0.6) is 11.5 Å². The molecule has 7 heteroatoms. The Kier molecular flexibility index (Phi) is 7.84. The molecule has 0 bridgehead atoms. The van der Waals surface area contributed by atoms with Crippen LogP contribution >= 0.6 is 0 Å². The molecular formula is C20H23N3O4. The molecule has 2 amide bonds. The van der Waals surface area contributed by atoms with E-state index >= 15 is 0 Å². The minimum absolute atomic E-state index is 0.371. The Labute approximate surface area is 158 Å². The maximum atomic E-state index is 11.8. The van der Waals surface area contributed by atoms with Gasteiger partial charge >= 0.3 is 11.8 Å². The van der Waals surface area contributed by atoms with E-state index in [1.165, 1.54) is 6.21 Å². The molecule has 0 saturated carbocycles.